The zero-order chi connectivity index (χ0) is 24.4. The largest absolute Gasteiger partial charge is 0.457 e. The molecule has 178 valence electrons. The first-order valence-corrected chi connectivity index (χ1v) is 11.8. The van der Waals surface area contributed by atoms with Crippen molar-refractivity contribution in [1.29, 1.82) is 0 Å². The van der Waals surface area contributed by atoms with Crippen LogP contribution in [0.5, 0.6) is 11.5 Å². The van der Waals surface area contributed by atoms with Crippen LogP contribution in [0.2, 0.25) is 0 Å². The van der Waals surface area contributed by atoms with Crippen LogP contribution in [-0.4, -0.2) is 30.1 Å². The van der Waals surface area contributed by atoms with Crippen LogP contribution in [0.4, 0.5) is 0 Å². The van der Waals surface area contributed by atoms with Gasteiger partial charge in [0.05, 0.1) is 23.1 Å². The van der Waals surface area contributed by atoms with Gasteiger partial charge in [-0.25, -0.2) is 0 Å². The maximum Gasteiger partial charge on any atom is 0.290 e. The fraction of sp³-hybridized carbons (Fsp3) is 0.241. The Morgan fingerprint density at radius 2 is 1.66 bits per heavy atom. The molecule has 1 aliphatic rings. The van der Waals surface area contributed by atoms with Crippen LogP contribution in [0, 0.1) is 0 Å². The summed E-state index contributed by atoms with van der Waals surface area (Å²) >= 11 is 0. The lowest BCUT2D eigenvalue weighted by Gasteiger charge is -2.25. The molecule has 3 aromatic carbocycles. The molecule has 0 saturated heterocycles. The Labute approximate surface area is 203 Å². The molecule has 1 atom stereocenters. The second-order valence-corrected chi connectivity index (χ2v) is 8.83. The molecule has 0 spiro atoms. The van der Waals surface area contributed by atoms with E-state index in [-0.39, 0.29) is 23.2 Å². The average molecular weight is 470 g/mol. The van der Waals surface area contributed by atoms with Crippen LogP contribution < -0.4 is 10.2 Å². The van der Waals surface area contributed by atoms with Gasteiger partial charge in [0, 0.05) is 13.2 Å². The lowest BCUT2D eigenvalue weighted by Crippen LogP contribution is -2.31. The number of nitrogens with zero attached hydrogens (tertiary/aromatic N) is 1. The van der Waals surface area contributed by atoms with E-state index < -0.39 is 6.04 Å². The summed E-state index contributed by atoms with van der Waals surface area (Å²) < 4.78 is 17.7. The van der Waals surface area contributed by atoms with E-state index >= 15 is 0 Å². The number of ether oxygens (including phenoxy) is 2. The van der Waals surface area contributed by atoms with E-state index in [4.69, 9.17) is 13.9 Å². The van der Waals surface area contributed by atoms with Gasteiger partial charge < -0.3 is 18.8 Å². The highest BCUT2D eigenvalue weighted by molar-refractivity contribution is 5.99. The molecule has 0 N–H and O–H groups in total. The Morgan fingerprint density at radius 3 is 2.46 bits per heavy atom. The minimum atomic E-state index is -0.572. The Balaban J connectivity index is 1.56. The van der Waals surface area contributed by atoms with Crippen molar-refractivity contribution >= 4 is 16.9 Å². The third-order valence-corrected chi connectivity index (χ3v) is 6.02. The number of carbonyl (C=O) groups is 1. The van der Waals surface area contributed by atoms with E-state index in [1.54, 1.807) is 29.2 Å². The van der Waals surface area contributed by atoms with Crippen molar-refractivity contribution in [2.24, 2.45) is 0 Å². The highest BCUT2D eigenvalue weighted by Gasteiger charge is 2.42. The van der Waals surface area contributed by atoms with Crippen molar-refractivity contribution in [3.63, 3.8) is 0 Å². The normalized spacial score (nSPS) is 15.1. The lowest BCUT2D eigenvalue weighted by atomic mass is 9.98. The quantitative estimate of drug-likeness (QED) is 0.299. The first-order valence-electron chi connectivity index (χ1n) is 11.8. The topological polar surface area (TPSA) is 69.0 Å². The molecule has 0 aliphatic carbocycles. The molecule has 0 bridgehead atoms. The van der Waals surface area contributed by atoms with Crippen LogP contribution in [-0.2, 0) is 4.74 Å². The van der Waals surface area contributed by atoms with Gasteiger partial charge in [0.2, 0.25) is 5.76 Å². The lowest BCUT2D eigenvalue weighted by molar-refractivity contribution is 0.0593. The number of benzene rings is 3. The summed E-state index contributed by atoms with van der Waals surface area (Å²) in [7, 11) is 0. The predicted molar refractivity (Wildman–Crippen MR) is 134 cm³/mol. The van der Waals surface area contributed by atoms with Gasteiger partial charge in [0.1, 0.15) is 17.1 Å². The minimum absolute atomic E-state index is 0.109. The second kappa shape index (κ2) is 9.76. The van der Waals surface area contributed by atoms with Crippen LogP contribution in [0.3, 0.4) is 0 Å². The van der Waals surface area contributed by atoms with Gasteiger partial charge in [0.15, 0.2) is 5.43 Å². The molecule has 2 heterocycles. The van der Waals surface area contributed by atoms with Gasteiger partial charge >= 0.3 is 0 Å². The van der Waals surface area contributed by atoms with E-state index in [1.165, 1.54) is 0 Å². The number of amides is 1. The molecule has 6 heteroatoms. The van der Waals surface area contributed by atoms with Crippen molar-refractivity contribution in [3.8, 4) is 11.5 Å². The summed E-state index contributed by atoms with van der Waals surface area (Å²) in [5, 5.41) is 0.464. The van der Waals surface area contributed by atoms with Crippen LogP contribution in [0.25, 0.3) is 11.0 Å². The van der Waals surface area contributed by atoms with E-state index in [2.05, 4.69) is 0 Å². The number of hydrogen-bond donors (Lipinski definition) is 0. The van der Waals surface area contributed by atoms with E-state index in [9.17, 15) is 9.59 Å². The molecule has 1 amide bonds. The molecule has 0 radical (unpaired) electrons. The van der Waals surface area contributed by atoms with E-state index in [0.717, 1.165) is 5.56 Å². The van der Waals surface area contributed by atoms with Gasteiger partial charge in [-0.05, 0) is 62.2 Å². The minimum Gasteiger partial charge on any atom is -0.457 e. The number of para-hydroxylation sites is 2. The standard InChI is InChI=1S/C29H27NO5/c1-19(2)33-17-9-16-30-26(20-10-8-13-22(18-20)34-21-11-4-3-5-12-21)25-27(31)23-14-6-7-15-24(23)35-28(25)29(30)32/h3-8,10-15,18-19,26H,9,16-17H2,1-2H3. The average Bonchev–Trinajstić information content (AvgIpc) is 3.14. The highest BCUT2D eigenvalue weighted by atomic mass is 16.5. The molecule has 4 aromatic rings. The summed E-state index contributed by atoms with van der Waals surface area (Å²) in [6.45, 7) is 4.91. The molecule has 35 heavy (non-hydrogen) atoms. The smallest absolute Gasteiger partial charge is 0.290 e. The zero-order valence-corrected chi connectivity index (χ0v) is 19.8. The Morgan fingerprint density at radius 1 is 0.914 bits per heavy atom. The summed E-state index contributed by atoms with van der Waals surface area (Å²) in [6, 6.07) is 23.5. The second-order valence-electron chi connectivity index (χ2n) is 8.83. The van der Waals surface area contributed by atoms with Gasteiger partial charge in [-0.1, -0.05) is 42.5 Å². The van der Waals surface area contributed by atoms with Gasteiger partial charge in [-0.15, -0.1) is 0 Å². The number of rotatable bonds is 8. The third-order valence-electron chi connectivity index (χ3n) is 6.02. The molecule has 1 unspecified atom stereocenters. The molecule has 1 aromatic heterocycles. The molecular formula is C29H27NO5. The zero-order valence-electron chi connectivity index (χ0n) is 19.8. The van der Waals surface area contributed by atoms with Crippen LogP contribution in [0.1, 0.15) is 48.0 Å². The summed E-state index contributed by atoms with van der Waals surface area (Å²) in [5.41, 5.74) is 1.39. The van der Waals surface area contributed by atoms with Crippen molar-refractivity contribution in [2.45, 2.75) is 32.4 Å². The van der Waals surface area contributed by atoms with Crippen LogP contribution >= 0.6 is 0 Å². The number of carbonyl (C=O) groups excluding carboxylic acids is 1. The van der Waals surface area contributed by atoms with Crippen molar-refractivity contribution in [2.75, 3.05) is 13.2 Å². The van der Waals surface area contributed by atoms with Crippen molar-refractivity contribution in [3.05, 3.63) is 106 Å². The summed E-state index contributed by atoms with van der Waals surface area (Å²) in [4.78, 5) is 28.8. The first-order chi connectivity index (χ1) is 17.0. The molecule has 1 aliphatic heterocycles. The highest BCUT2D eigenvalue weighted by Crippen LogP contribution is 2.39. The molecule has 6 nitrogen and oxygen atoms in total. The Hall–Kier alpha value is -3.90. The van der Waals surface area contributed by atoms with Crippen molar-refractivity contribution < 1.29 is 18.7 Å². The van der Waals surface area contributed by atoms with Gasteiger partial charge in [0.25, 0.3) is 5.91 Å². The Bertz CT molecular complexity index is 1410. The molecule has 0 saturated carbocycles. The molecule has 5 rings (SSSR count). The predicted octanol–water partition coefficient (Wildman–Crippen LogP) is 5.95. The number of hydrogen-bond acceptors (Lipinski definition) is 5. The molecular weight excluding hydrogens is 442 g/mol. The van der Waals surface area contributed by atoms with E-state index in [0.29, 0.717) is 47.6 Å². The van der Waals surface area contributed by atoms with Crippen molar-refractivity contribution in [1.82, 2.24) is 4.90 Å². The third kappa shape index (κ3) is 4.57. The Kier molecular flexibility index (Phi) is 6.38. The first kappa shape index (κ1) is 22.9. The maximum absolute atomic E-state index is 13.6. The van der Waals surface area contributed by atoms with Crippen LogP contribution in [0.15, 0.2) is 88.1 Å². The SMILES string of the molecule is CC(C)OCCCN1C(=O)c2oc3ccccc3c(=O)c2C1c1cccc(Oc2ccccc2)c1. The van der Waals surface area contributed by atoms with E-state index in [1.807, 2.05) is 68.4 Å². The summed E-state index contributed by atoms with van der Waals surface area (Å²) in [6.07, 6.45) is 0.750. The maximum atomic E-state index is 13.6. The monoisotopic (exact) mass is 469 g/mol. The fourth-order valence-electron chi connectivity index (χ4n) is 4.47. The van der Waals surface area contributed by atoms with Gasteiger partial charge in [-0.3, -0.25) is 9.59 Å². The summed E-state index contributed by atoms with van der Waals surface area (Å²) in [5.74, 6) is 1.16. The van der Waals surface area contributed by atoms with Gasteiger partial charge in [-0.2, -0.15) is 0 Å². The molecule has 0 fully saturated rings. The fourth-order valence-corrected chi connectivity index (χ4v) is 4.47. The number of fused-ring (bicyclic) bond motifs is 2.